The first-order valence-corrected chi connectivity index (χ1v) is 8.93. The minimum absolute atomic E-state index is 0.189. The van der Waals surface area contributed by atoms with Crippen LogP contribution in [0, 0.1) is 0 Å². The van der Waals surface area contributed by atoms with E-state index in [-0.39, 0.29) is 28.7 Å². The largest absolute Gasteiger partial charge is 0.350 e. The van der Waals surface area contributed by atoms with Gasteiger partial charge in [-0.15, -0.1) is 0 Å². The van der Waals surface area contributed by atoms with Gasteiger partial charge >= 0.3 is 0 Å². The van der Waals surface area contributed by atoms with Gasteiger partial charge in [-0.2, -0.15) is 0 Å². The fourth-order valence-corrected chi connectivity index (χ4v) is 2.72. The third kappa shape index (κ3) is 6.00. The van der Waals surface area contributed by atoms with E-state index in [0.717, 1.165) is 5.56 Å². The number of nitrogens with zero attached hydrogens (tertiary/aromatic N) is 1. The third-order valence-corrected chi connectivity index (χ3v) is 3.98. The molecular formula is C19H21Cl2N3O2. The fourth-order valence-electron chi connectivity index (χ4n) is 2.22. The summed E-state index contributed by atoms with van der Waals surface area (Å²) in [5.41, 5.74) is 0.902. The molecule has 2 N–H and O–H groups in total. The number of amides is 2. The van der Waals surface area contributed by atoms with Gasteiger partial charge in [-0.05, 0) is 57.0 Å². The van der Waals surface area contributed by atoms with Gasteiger partial charge in [-0.25, -0.2) is 4.98 Å². The Morgan fingerprint density at radius 1 is 1.04 bits per heavy atom. The van der Waals surface area contributed by atoms with Crippen molar-refractivity contribution in [3.63, 3.8) is 0 Å². The molecular weight excluding hydrogens is 373 g/mol. The predicted octanol–water partition coefficient (Wildman–Crippen LogP) is 3.89. The molecule has 1 aromatic heterocycles. The zero-order valence-electron chi connectivity index (χ0n) is 14.9. The molecule has 5 nitrogen and oxygen atoms in total. The number of benzene rings is 1. The van der Waals surface area contributed by atoms with Crippen LogP contribution in [0.25, 0.3) is 0 Å². The highest BCUT2D eigenvalue weighted by Gasteiger charge is 2.17. The van der Waals surface area contributed by atoms with Crippen LogP contribution in [0.1, 0.15) is 47.3 Å². The van der Waals surface area contributed by atoms with Crippen LogP contribution >= 0.6 is 23.2 Å². The number of hydrogen-bond acceptors (Lipinski definition) is 3. The second-order valence-corrected chi connectivity index (χ2v) is 7.70. The smallest absolute Gasteiger partial charge is 0.270 e. The number of carbonyl (C=O) groups excluding carboxylic acids is 2. The van der Waals surface area contributed by atoms with Crippen molar-refractivity contribution in [1.29, 1.82) is 0 Å². The van der Waals surface area contributed by atoms with Gasteiger partial charge in [0.2, 0.25) is 0 Å². The van der Waals surface area contributed by atoms with E-state index < -0.39 is 0 Å². The Kier molecular flexibility index (Phi) is 6.62. The lowest BCUT2D eigenvalue weighted by atomic mass is 10.1. The molecule has 0 saturated heterocycles. The molecule has 2 aromatic rings. The van der Waals surface area contributed by atoms with Crippen molar-refractivity contribution in [2.45, 2.75) is 32.7 Å². The second-order valence-electron chi connectivity index (χ2n) is 6.85. The molecule has 138 valence electrons. The number of halogens is 2. The highest BCUT2D eigenvalue weighted by molar-refractivity contribution is 6.35. The van der Waals surface area contributed by atoms with Crippen molar-refractivity contribution in [3.8, 4) is 0 Å². The molecule has 0 radical (unpaired) electrons. The number of aromatic nitrogens is 1. The number of pyridine rings is 1. The molecule has 0 aliphatic carbocycles. The monoisotopic (exact) mass is 393 g/mol. The highest BCUT2D eigenvalue weighted by Crippen LogP contribution is 2.21. The van der Waals surface area contributed by atoms with E-state index in [1.807, 2.05) is 26.8 Å². The molecule has 0 aliphatic heterocycles. The Morgan fingerprint density at radius 3 is 2.31 bits per heavy atom. The van der Waals surface area contributed by atoms with Crippen LogP contribution in [0.4, 0.5) is 0 Å². The molecule has 7 heteroatoms. The quantitative estimate of drug-likeness (QED) is 0.808. The van der Waals surface area contributed by atoms with E-state index in [4.69, 9.17) is 23.2 Å². The summed E-state index contributed by atoms with van der Waals surface area (Å²) in [7, 11) is 0. The lowest BCUT2D eigenvalue weighted by Gasteiger charge is -2.20. The van der Waals surface area contributed by atoms with Gasteiger partial charge < -0.3 is 10.6 Å². The summed E-state index contributed by atoms with van der Waals surface area (Å²) in [5, 5.41) is 6.73. The van der Waals surface area contributed by atoms with Crippen molar-refractivity contribution < 1.29 is 9.59 Å². The van der Waals surface area contributed by atoms with Crippen molar-refractivity contribution in [3.05, 3.63) is 63.4 Å². The van der Waals surface area contributed by atoms with Crippen LogP contribution < -0.4 is 10.6 Å². The third-order valence-electron chi connectivity index (χ3n) is 3.40. The number of carbonyl (C=O) groups is 2. The van der Waals surface area contributed by atoms with Gasteiger partial charge in [0.15, 0.2) is 0 Å². The molecule has 2 amide bonds. The van der Waals surface area contributed by atoms with Crippen molar-refractivity contribution in [1.82, 2.24) is 15.6 Å². The second kappa shape index (κ2) is 8.52. The zero-order chi connectivity index (χ0) is 19.3. The fraction of sp³-hybridized carbons (Fsp3) is 0.316. The van der Waals surface area contributed by atoms with E-state index in [0.29, 0.717) is 23.0 Å². The van der Waals surface area contributed by atoms with E-state index in [2.05, 4.69) is 15.6 Å². The van der Waals surface area contributed by atoms with Crippen LogP contribution in [0.2, 0.25) is 10.0 Å². The van der Waals surface area contributed by atoms with Crippen LogP contribution in [0.5, 0.6) is 0 Å². The summed E-state index contributed by atoms with van der Waals surface area (Å²) in [6, 6.07) is 10.0. The van der Waals surface area contributed by atoms with Gasteiger partial charge in [0.25, 0.3) is 11.8 Å². The maximum absolute atomic E-state index is 12.3. The van der Waals surface area contributed by atoms with E-state index in [9.17, 15) is 9.59 Å². The maximum Gasteiger partial charge on any atom is 0.270 e. The van der Waals surface area contributed by atoms with Crippen LogP contribution in [-0.4, -0.2) is 28.9 Å². The number of rotatable bonds is 5. The zero-order valence-corrected chi connectivity index (χ0v) is 16.4. The van der Waals surface area contributed by atoms with E-state index in [1.165, 1.54) is 0 Å². The lowest BCUT2D eigenvalue weighted by molar-refractivity contribution is 0.0914. The summed E-state index contributed by atoms with van der Waals surface area (Å²) in [6.45, 7) is 6.02. The first kappa shape index (κ1) is 20.2. The summed E-state index contributed by atoms with van der Waals surface area (Å²) >= 11 is 12.0. The van der Waals surface area contributed by atoms with E-state index in [1.54, 1.807) is 30.3 Å². The molecule has 0 fully saturated rings. The standard InChI is InChI=1S/C19H21Cl2N3O2/c1-19(2,3)24-18(26)16-6-4-5-15(23-16)17(25)22-10-9-12-7-8-13(20)11-14(12)21/h4-8,11H,9-10H2,1-3H3,(H,22,25)(H,24,26). The summed E-state index contributed by atoms with van der Waals surface area (Å²) in [4.78, 5) is 28.6. The van der Waals surface area contributed by atoms with Crippen LogP contribution in [0.3, 0.4) is 0 Å². The number of hydrogen-bond donors (Lipinski definition) is 2. The minimum atomic E-state index is -0.380. The summed E-state index contributed by atoms with van der Waals surface area (Å²) < 4.78 is 0. The minimum Gasteiger partial charge on any atom is -0.350 e. The Morgan fingerprint density at radius 2 is 1.69 bits per heavy atom. The summed E-state index contributed by atoms with van der Waals surface area (Å²) in [5.74, 6) is -0.666. The van der Waals surface area contributed by atoms with Crippen molar-refractivity contribution in [2.75, 3.05) is 6.54 Å². The van der Waals surface area contributed by atoms with Crippen molar-refractivity contribution >= 4 is 35.0 Å². The Labute approximate surface area is 163 Å². The SMILES string of the molecule is CC(C)(C)NC(=O)c1cccc(C(=O)NCCc2ccc(Cl)cc2Cl)n1. The molecule has 1 aromatic carbocycles. The van der Waals surface area contributed by atoms with Gasteiger partial charge in [-0.1, -0.05) is 35.3 Å². The van der Waals surface area contributed by atoms with Crippen LogP contribution in [-0.2, 0) is 6.42 Å². The van der Waals surface area contributed by atoms with Gasteiger partial charge in [0.05, 0.1) is 0 Å². The topological polar surface area (TPSA) is 71.1 Å². The average molecular weight is 394 g/mol. The van der Waals surface area contributed by atoms with Crippen molar-refractivity contribution in [2.24, 2.45) is 0 Å². The maximum atomic E-state index is 12.3. The number of nitrogens with one attached hydrogen (secondary N) is 2. The molecule has 26 heavy (non-hydrogen) atoms. The first-order chi connectivity index (χ1) is 12.2. The first-order valence-electron chi connectivity index (χ1n) is 8.17. The average Bonchev–Trinajstić information content (AvgIpc) is 2.55. The Balaban J connectivity index is 1.97. The molecule has 2 rings (SSSR count). The molecule has 0 aliphatic rings. The van der Waals surface area contributed by atoms with Gasteiger partial charge in [-0.3, -0.25) is 9.59 Å². The molecule has 0 spiro atoms. The van der Waals surface area contributed by atoms with E-state index >= 15 is 0 Å². The lowest BCUT2D eigenvalue weighted by Crippen LogP contribution is -2.41. The normalized spacial score (nSPS) is 11.1. The molecule has 0 saturated carbocycles. The molecule has 0 atom stereocenters. The molecule has 0 unspecified atom stereocenters. The van der Waals surface area contributed by atoms with Crippen LogP contribution in [0.15, 0.2) is 36.4 Å². The molecule has 0 bridgehead atoms. The predicted molar refractivity (Wildman–Crippen MR) is 104 cm³/mol. The Bertz CT molecular complexity index is 817. The van der Waals surface area contributed by atoms with Gasteiger partial charge in [0, 0.05) is 22.1 Å². The summed E-state index contributed by atoms with van der Waals surface area (Å²) in [6.07, 6.45) is 0.561. The molecule has 1 heterocycles. The Hall–Kier alpha value is -2.11. The van der Waals surface area contributed by atoms with Gasteiger partial charge in [0.1, 0.15) is 11.4 Å². The highest BCUT2D eigenvalue weighted by atomic mass is 35.5.